The summed E-state index contributed by atoms with van der Waals surface area (Å²) in [5, 5.41) is 0.601. The van der Waals surface area contributed by atoms with E-state index in [0.29, 0.717) is 27.6 Å². The highest BCUT2D eigenvalue weighted by Crippen LogP contribution is 2.34. The van der Waals surface area contributed by atoms with Crippen LogP contribution in [-0.4, -0.2) is 31.2 Å². The number of benzene rings is 2. The molecular weight excluding hydrogens is 360 g/mol. The van der Waals surface area contributed by atoms with Crippen molar-refractivity contribution in [3.05, 3.63) is 47.5 Å². The molecule has 0 bridgehead atoms. The summed E-state index contributed by atoms with van der Waals surface area (Å²) >= 11 is 2.94. The van der Waals surface area contributed by atoms with Crippen molar-refractivity contribution in [2.75, 3.05) is 30.8 Å². The first kappa shape index (κ1) is 19.0. The lowest BCUT2D eigenvalue weighted by molar-refractivity contribution is 0.0591. The van der Waals surface area contributed by atoms with Gasteiger partial charge in [-0.1, -0.05) is 0 Å². The Hall–Kier alpha value is -2.32. The summed E-state index contributed by atoms with van der Waals surface area (Å²) in [7, 11) is 2.66. The lowest BCUT2D eigenvalue weighted by Gasteiger charge is -2.09. The van der Waals surface area contributed by atoms with Crippen LogP contribution < -0.4 is 11.5 Å². The second-order valence-corrected chi connectivity index (χ2v) is 7.29. The number of thioether (sulfide) groups is 2. The fourth-order valence-corrected chi connectivity index (χ4v) is 4.11. The Bertz CT molecular complexity index is 731. The number of anilines is 2. The van der Waals surface area contributed by atoms with Crippen LogP contribution in [0.3, 0.4) is 0 Å². The van der Waals surface area contributed by atoms with Crippen LogP contribution in [0.15, 0.2) is 46.2 Å². The van der Waals surface area contributed by atoms with Crippen molar-refractivity contribution >= 4 is 46.8 Å². The number of nitrogen functional groups attached to an aromatic ring is 2. The molecule has 0 saturated heterocycles. The zero-order chi connectivity index (χ0) is 18.4. The van der Waals surface area contributed by atoms with Crippen LogP contribution in [0.1, 0.15) is 20.7 Å². The maximum atomic E-state index is 11.6. The Balaban J connectivity index is 2.08. The molecule has 0 heterocycles. The second kappa shape index (κ2) is 8.68. The minimum absolute atomic E-state index is 0.412. The van der Waals surface area contributed by atoms with Gasteiger partial charge in [-0.25, -0.2) is 9.59 Å². The third-order valence-electron chi connectivity index (χ3n) is 3.30. The van der Waals surface area contributed by atoms with E-state index in [4.69, 9.17) is 20.9 Å². The highest BCUT2D eigenvalue weighted by atomic mass is 32.2. The molecule has 2 rings (SSSR count). The van der Waals surface area contributed by atoms with Gasteiger partial charge in [0.25, 0.3) is 0 Å². The third-order valence-corrected chi connectivity index (χ3v) is 5.57. The largest absolute Gasteiger partial charge is 0.465 e. The molecule has 8 heteroatoms. The van der Waals surface area contributed by atoms with Crippen LogP contribution in [0.4, 0.5) is 11.4 Å². The number of methoxy groups -OCH3 is 2. The van der Waals surface area contributed by atoms with E-state index in [1.54, 1.807) is 36.4 Å². The molecule has 0 aliphatic rings. The third kappa shape index (κ3) is 4.83. The van der Waals surface area contributed by atoms with Crippen LogP contribution >= 0.6 is 23.5 Å². The molecule has 132 valence electrons. The van der Waals surface area contributed by atoms with Gasteiger partial charge in [-0.3, -0.25) is 0 Å². The molecule has 4 N–H and O–H groups in total. The summed E-state index contributed by atoms with van der Waals surface area (Å²) in [4.78, 5) is 24.8. The first-order chi connectivity index (χ1) is 12.0. The van der Waals surface area contributed by atoms with Crippen molar-refractivity contribution in [3.63, 3.8) is 0 Å². The first-order valence-corrected chi connectivity index (χ1v) is 9.14. The molecule has 2 aromatic carbocycles. The van der Waals surface area contributed by atoms with E-state index in [9.17, 15) is 9.59 Å². The fourth-order valence-electron chi connectivity index (χ4n) is 1.96. The quantitative estimate of drug-likeness (QED) is 0.341. The van der Waals surface area contributed by atoms with Gasteiger partial charge < -0.3 is 20.9 Å². The van der Waals surface area contributed by atoms with Crippen molar-refractivity contribution < 1.29 is 19.1 Å². The molecule has 2 aromatic rings. The number of carbonyl (C=O) groups excluding carboxylic acids is 2. The monoisotopic (exact) mass is 378 g/mol. The van der Waals surface area contributed by atoms with Crippen molar-refractivity contribution in [1.82, 2.24) is 0 Å². The van der Waals surface area contributed by atoms with Gasteiger partial charge in [0.15, 0.2) is 0 Å². The lowest BCUT2D eigenvalue weighted by atomic mass is 10.2. The summed E-state index contributed by atoms with van der Waals surface area (Å²) in [6.07, 6.45) is 0. The van der Waals surface area contributed by atoms with E-state index >= 15 is 0 Å². The fraction of sp³-hybridized carbons (Fsp3) is 0.176. The number of ether oxygens (including phenoxy) is 2. The molecule has 0 spiro atoms. The van der Waals surface area contributed by atoms with Gasteiger partial charge >= 0.3 is 11.9 Å². The van der Waals surface area contributed by atoms with Crippen molar-refractivity contribution in [2.24, 2.45) is 0 Å². The summed E-state index contributed by atoms with van der Waals surface area (Å²) in [5.74, 6) is -0.825. The maximum absolute atomic E-state index is 11.6. The van der Waals surface area contributed by atoms with Gasteiger partial charge in [-0.15, -0.1) is 23.5 Å². The molecule has 0 saturated carbocycles. The molecular formula is C17H18N2O4S2. The smallest absolute Gasteiger partial charge is 0.337 e. The number of rotatable bonds is 6. The normalized spacial score (nSPS) is 10.3. The van der Waals surface area contributed by atoms with Crippen LogP contribution in [0.5, 0.6) is 0 Å². The molecule has 0 amide bonds. The zero-order valence-corrected chi connectivity index (χ0v) is 15.4. The van der Waals surface area contributed by atoms with E-state index in [1.165, 1.54) is 37.7 Å². The Morgan fingerprint density at radius 2 is 1.24 bits per heavy atom. The second-order valence-electron chi connectivity index (χ2n) is 4.89. The summed E-state index contributed by atoms with van der Waals surface area (Å²) in [5.41, 5.74) is 13.9. The summed E-state index contributed by atoms with van der Waals surface area (Å²) < 4.78 is 9.42. The molecule has 0 aliphatic heterocycles. The molecule has 0 unspecified atom stereocenters. The topological polar surface area (TPSA) is 105 Å². The molecule has 0 atom stereocenters. The van der Waals surface area contributed by atoms with Crippen LogP contribution in [-0.2, 0) is 9.47 Å². The Kier molecular flexibility index (Phi) is 6.60. The van der Waals surface area contributed by atoms with Crippen molar-refractivity contribution in [1.29, 1.82) is 0 Å². The standard InChI is InChI=1S/C17H18N2O4S2/c1-22-16(20)10-3-5-12(18)14(7-10)24-9-25-15-8-11(17(21)23-2)4-6-13(15)19/h3-8H,9,18-19H2,1-2H3. The van der Waals surface area contributed by atoms with E-state index in [0.717, 1.165) is 9.79 Å². The lowest BCUT2D eigenvalue weighted by Crippen LogP contribution is -2.02. The summed E-state index contributed by atoms with van der Waals surface area (Å²) in [6, 6.07) is 9.98. The number of esters is 2. The number of nitrogens with two attached hydrogens (primary N) is 2. The van der Waals surface area contributed by atoms with Gasteiger partial charge in [0.1, 0.15) is 0 Å². The SMILES string of the molecule is COC(=O)c1ccc(N)c(SCSc2cc(C(=O)OC)ccc2N)c1. The van der Waals surface area contributed by atoms with Gasteiger partial charge in [-0.05, 0) is 36.4 Å². The number of hydrogen-bond donors (Lipinski definition) is 2. The van der Waals surface area contributed by atoms with Crippen LogP contribution in [0, 0.1) is 0 Å². The Morgan fingerprint density at radius 1 is 0.840 bits per heavy atom. The van der Waals surface area contributed by atoms with Crippen LogP contribution in [0.2, 0.25) is 0 Å². The predicted molar refractivity (Wildman–Crippen MR) is 101 cm³/mol. The van der Waals surface area contributed by atoms with Gasteiger partial charge in [0.2, 0.25) is 0 Å². The van der Waals surface area contributed by atoms with Gasteiger partial charge in [0, 0.05) is 26.3 Å². The highest BCUT2D eigenvalue weighted by Gasteiger charge is 2.11. The molecule has 0 aromatic heterocycles. The summed E-state index contributed by atoms with van der Waals surface area (Å²) in [6.45, 7) is 0. The van der Waals surface area contributed by atoms with Crippen LogP contribution in [0.25, 0.3) is 0 Å². The highest BCUT2D eigenvalue weighted by molar-refractivity contribution is 8.16. The van der Waals surface area contributed by atoms with Gasteiger partial charge in [0.05, 0.1) is 25.3 Å². The van der Waals surface area contributed by atoms with E-state index < -0.39 is 11.9 Å². The minimum atomic E-state index is -0.412. The molecule has 25 heavy (non-hydrogen) atoms. The predicted octanol–water partition coefficient (Wildman–Crippen LogP) is 3.27. The molecule has 0 fully saturated rings. The van der Waals surface area contributed by atoms with Crippen molar-refractivity contribution in [2.45, 2.75) is 9.79 Å². The van der Waals surface area contributed by atoms with E-state index in [2.05, 4.69) is 0 Å². The van der Waals surface area contributed by atoms with Gasteiger partial charge in [-0.2, -0.15) is 0 Å². The first-order valence-electron chi connectivity index (χ1n) is 7.17. The number of hydrogen-bond acceptors (Lipinski definition) is 8. The molecule has 6 nitrogen and oxygen atoms in total. The molecule has 0 aliphatic carbocycles. The molecule has 0 radical (unpaired) electrons. The average molecular weight is 378 g/mol. The van der Waals surface area contributed by atoms with E-state index in [-0.39, 0.29) is 0 Å². The minimum Gasteiger partial charge on any atom is -0.465 e. The number of carbonyl (C=O) groups is 2. The maximum Gasteiger partial charge on any atom is 0.337 e. The zero-order valence-electron chi connectivity index (χ0n) is 13.8. The van der Waals surface area contributed by atoms with E-state index in [1.807, 2.05) is 0 Å². The average Bonchev–Trinajstić information content (AvgIpc) is 2.63. The Morgan fingerprint density at radius 3 is 1.60 bits per heavy atom. The Labute approximate surface area is 154 Å². The van der Waals surface area contributed by atoms with Crippen molar-refractivity contribution in [3.8, 4) is 0 Å².